The number of nitrogens with zero attached hydrogens (tertiary/aromatic N) is 1. The maximum Gasteiger partial charge on any atom is 0.253 e. The monoisotopic (exact) mass is 276 g/mol. The second kappa shape index (κ2) is 7.17. The van der Waals surface area contributed by atoms with E-state index in [4.69, 9.17) is 10.00 Å². The van der Waals surface area contributed by atoms with Gasteiger partial charge in [0.2, 0.25) is 0 Å². The van der Waals surface area contributed by atoms with Crippen molar-refractivity contribution in [2.45, 2.75) is 30.3 Å². The van der Waals surface area contributed by atoms with Crippen molar-refractivity contribution < 1.29 is 9.53 Å². The van der Waals surface area contributed by atoms with Crippen LogP contribution in [0.5, 0.6) is 0 Å². The Morgan fingerprint density at radius 3 is 3.11 bits per heavy atom. The number of nitriles is 1. The van der Waals surface area contributed by atoms with Gasteiger partial charge in [0.1, 0.15) is 6.10 Å². The maximum absolute atomic E-state index is 12.0. The van der Waals surface area contributed by atoms with Crippen molar-refractivity contribution in [2.75, 3.05) is 17.7 Å². The first-order chi connectivity index (χ1) is 9.31. The van der Waals surface area contributed by atoms with Gasteiger partial charge in [-0.3, -0.25) is 4.79 Å². The minimum atomic E-state index is -0.322. The lowest BCUT2D eigenvalue weighted by Gasteiger charge is -2.13. The molecular formula is C14H16N2O2S. The third-order valence-electron chi connectivity index (χ3n) is 2.84. The summed E-state index contributed by atoms with van der Waals surface area (Å²) in [5.41, 5.74) is 0.797. The molecule has 2 rings (SSSR count). The standard InChI is InChI=1S/C14H16N2O2S/c15-8-4-10-19-13-7-2-1-5-11(13)16-14(17)12-6-3-9-18-12/h1-2,5,7,12H,3-4,6,9-10H2,(H,16,17)/t12-/m0/s1. The highest BCUT2D eigenvalue weighted by atomic mass is 32.2. The molecule has 1 amide bonds. The molecule has 0 unspecified atom stereocenters. The van der Waals surface area contributed by atoms with Crippen LogP contribution in [0.15, 0.2) is 29.2 Å². The van der Waals surface area contributed by atoms with Gasteiger partial charge in [0, 0.05) is 23.7 Å². The molecule has 1 aliphatic rings. The largest absolute Gasteiger partial charge is 0.368 e. The SMILES string of the molecule is N#CCCSc1ccccc1NC(=O)[C@@H]1CCCO1. The molecule has 19 heavy (non-hydrogen) atoms. The van der Waals surface area contributed by atoms with E-state index in [0.717, 1.165) is 29.2 Å². The first-order valence-electron chi connectivity index (χ1n) is 6.32. The molecule has 1 aromatic rings. The van der Waals surface area contributed by atoms with Gasteiger partial charge < -0.3 is 10.1 Å². The quantitative estimate of drug-likeness (QED) is 0.663. The molecule has 0 aliphatic carbocycles. The Morgan fingerprint density at radius 1 is 1.53 bits per heavy atom. The Balaban J connectivity index is 1.98. The van der Waals surface area contributed by atoms with Crippen LogP contribution in [0.3, 0.4) is 0 Å². The molecule has 1 N–H and O–H groups in total. The van der Waals surface area contributed by atoms with Crippen LogP contribution in [0.1, 0.15) is 19.3 Å². The molecule has 1 aliphatic heterocycles. The minimum absolute atomic E-state index is 0.0779. The van der Waals surface area contributed by atoms with E-state index in [-0.39, 0.29) is 12.0 Å². The Hall–Kier alpha value is -1.51. The van der Waals surface area contributed by atoms with Crippen LogP contribution in [-0.4, -0.2) is 24.4 Å². The average Bonchev–Trinajstić information content (AvgIpc) is 2.95. The van der Waals surface area contributed by atoms with Crippen molar-refractivity contribution >= 4 is 23.4 Å². The third-order valence-corrected chi connectivity index (χ3v) is 3.91. The number of carbonyl (C=O) groups excluding carboxylic acids is 1. The number of amides is 1. The molecule has 5 heteroatoms. The van der Waals surface area contributed by atoms with Gasteiger partial charge in [-0.1, -0.05) is 12.1 Å². The zero-order valence-electron chi connectivity index (χ0n) is 10.6. The van der Waals surface area contributed by atoms with Crippen LogP contribution < -0.4 is 5.32 Å². The van der Waals surface area contributed by atoms with E-state index in [9.17, 15) is 4.79 Å². The van der Waals surface area contributed by atoms with E-state index in [1.165, 1.54) is 0 Å². The van der Waals surface area contributed by atoms with Gasteiger partial charge in [-0.05, 0) is 25.0 Å². The zero-order chi connectivity index (χ0) is 13.5. The summed E-state index contributed by atoms with van der Waals surface area (Å²) in [4.78, 5) is 13.0. The van der Waals surface area contributed by atoms with Gasteiger partial charge >= 0.3 is 0 Å². The van der Waals surface area contributed by atoms with E-state index in [1.54, 1.807) is 11.8 Å². The molecule has 1 fully saturated rings. The number of thioether (sulfide) groups is 1. The van der Waals surface area contributed by atoms with Gasteiger partial charge in [-0.2, -0.15) is 5.26 Å². The normalized spacial score (nSPS) is 17.9. The Morgan fingerprint density at radius 2 is 2.37 bits per heavy atom. The average molecular weight is 276 g/mol. The van der Waals surface area contributed by atoms with E-state index in [0.29, 0.717) is 13.0 Å². The van der Waals surface area contributed by atoms with Crippen LogP contribution in [-0.2, 0) is 9.53 Å². The summed E-state index contributed by atoms with van der Waals surface area (Å²) in [5, 5.41) is 11.5. The fourth-order valence-electron chi connectivity index (χ4n) is 1.90. The third kappa shape index (κ3) is 3.98. The number of nitrogens with one attached hydrogen (secondary N) is 1. The van der Waals surface area contributed by atoms with Crippen molar-refractivity contribution in [1.82, 2.24) is 0 Å². The molecule has 0 saturated carbocycles. The number of rotatable bonds is 5. The summed E-state index contributed by atoms with van der Waals surface area (Å²) >= 11 is 1.58. The molecular weight excluding hydrogens is 260 g/mol. The minimum Gasteiger partial charge on any atom is -0.368 e. The van der Waals surface area contributed by atoms with Gasteiger partial charge in [0.15, 0.2) is 0 Å². The van der Waals surface area contributed by atoms with Gasteiger partial charge in [-0.15, -0.1) is 11.8 Å². The van der Waals surface area contributed by atoms with Crippen molar-refractivity contribution in [2.24, 2.45) is 0 Å². The van der Waals surface area contributed by atoms with E-state index in [1.807, 2.05) is 24.3 Å². The first kappa shape index (κ1) is 13.9. The highest BCUT2D eigenvalue weighted by Crippen LogP contribution is 2.28. The fraction of sp³-hybridized carbons (Fsp3) is 0.429. The van der Waals surface area contributed by atoms with Crippen LogP contribution in [0.25, 0.3) is 0 Å². The van der Waals surface area contributed by atoms with Crippen LogP contribution in [0.4, 0.5) is 5.69 Å². The van der Waals surface area contributed by atoms with Crippen molar-refractivity contribution in [3.63, 3.8) is 0 Å². The predicted molar refractivity (Wildman–Crippen MR) is 75.0 cm³/mol. The van der Waals surface area contributed by atoms with Crippen molar-refractivity contribution in [3.8, 4) is 6.07 Å². The van der Waals surface area contributed by atoms with Gasteiger partial charge in [-0.25, -0.2) is 0 Å². The van der Waals surface area contributed by atoms with E-state index >= 15 is 0 Å². The first-order valence-corrected chi connectivity index (χ1v) is 7.31. The second-order valence-corrected chi connectivity index (χ2v) is 5.38. The van der Waals surface area contributed by atoms with Crippen LogP contribution >= 0.6 is 11.8 Å². The smallest absolute Gasteiger partial charge is 0.253 e. The molecule has 1 atom stereocenters. The molecule has 0 aromatic heterocycles. The summed E-state index contributed by atoms with van der Waals surface area (Å²) in [6.07, 6.45) is 1.91. The highest BCUT2D eigenvalue weighted by Gasteiger charge is 2.23. The number of carbonyl (C=O) groups is 1. The molecule has 0 bridgehead atoms. The number of benzene rings is 1. The molecule has 100 valence electrons. The number of hydrogen-bond donors (Lipinski definition) is 1. The lowest BCUT2D eigenvalue weighted by molar-refractivity contribution is -0.124. The summed E-state index contributed by atoms with van der Waals surface area (Å²) in [6.45, 7) is 0.663. The maximum atomic E-state index is 12.0. The lowest BCUT2D eigenvalue weighted by Crippen LogP contribution is -2.27. The van der Waals surface area contributed by atoms with Gasteiger partial charge in [0.25, 0.3) is 5.91 Å². The predicted octanol–water partition coefficient (Wildman–Crippen LogP) is 2.81. The number of hydrogen-bond acceptors (Lipinski definition) is 4. The molecule has 0 radical (unpaired) electrons. The lowest BCUT2D eigenvalue weighted by atomic mass is 10.2. The molecule has 4 nitrogen and oxygen atoms in total. The fourth-order valence-corrected chi connectivity index (χ4v) is 2.76. The van der Waals surface area contributed by atoms with Crippen LogP contribution in [0, 0.1) is 11.3 Å². The molecule has 1 aromatic carbocycles. The molecule has 1 heterocycles. The van der Waals surface area contributed by atoms with Crippen molar-refractivity contribution in [3.05, 3.63) is 24.3 Å². The van der Waals surface area contributed by atoms with Gasteiger partial charge in [0.05, 0.1) is 11.8 Å². The number of para-hydroxylation sites is 1. The molecule has 0 spiro atoms. The number of anilines is 1. The topological polar surface area (TPSA) is 62.1 Å². The highest BCUT2D eigenvalue weighted by molar-refractivity contribution is 7.99. The summed E-state index contributed by atoms with van der Waals surface area (Å²) in [6, 6.07) is 9.76. The second-order valence-electron chi connectivity index (χ2n) is 4.24. The zero-order valence-corrected chi connectivity index (χ0v) is 11.4. The van der Waals surface area contributed by atoms with E-state index in [2.05, 4.69) is 11.4 Å². The van der Waals surface area contributed by atoms with E-state index < -0.39 is 0 Å². The Kier molecular flexibility index (Phi) is 5.25. The molecule has 1 saturated heterocycles. The summed E-state index contributed by atoms with van der Waals surface area (Å²) < 4.78 is 5.36. The van der Waals surface area contributed by atoms with Crippen LogP contribution in [0.2, 0.25) is 0 Å². The summed E-state index contributed by atoms with van der Waals surface area (Å²) in [5.74, 6) is 0.648. The Bertz CT molecular complexity index is 479. The number of ether oxygens (including phenoxy) is 1. The van der Waals surface area contributed by atoms with Crippen molar-refractivity contribution in [1.29, 1.82) is 5.26 Å². The summed E-state index contributed by atoms with van der Waals surface area (Å²) in [7, 11) is 0. The Labute approximate surface area is 117 Å².